The molecule has 1 N–H and O–H groups in total. The molecule has 0 fully saturated rings. The van der Waals surface area contributed by atoms with Gasteiger partial charge in [0, 0.05) is 17.8 Å². The van der Waals surface area contributed by atoms with Crippen LogP contribution in [0.4, 0.5) is 27.6 Å². The zero-order valence-corrected chi connectivity index (χ0v) is 13.8. The van der Waals surface area contributed by atoms with Gasteiger partial charge in [-0.25, -0.2) is 4.98 Å². The van der Waals surface area contributed by atoms with Crippen LogP contribution in [0.25, 0.3) is 0 Å². The first-order valence-electron chi connectivity index (χ1n) is 7.64. The molecule has 1 amide bonds. The monoisotopic (exact) mass is 388 g/mol. The minimum atomic E-state index is -5.15. The second-order valence-corrected chi connectivity index (χ2v) is 5.86. The molecule has 1 aromatic carbocycles. The number of anilines is 1. The third-order valence-electron chi connectivity index (χ3n) is 4.15. The van der Waals surface area contributed by atoms with E-state index in [0.29, 0.717) is 10.5 Å². The number of methoxy groups -OCH3 is 1. The van der Waals surface area contributed by atoms with E-state index < -0.39 is 35.2 Å². The van der Waals surface area contributed by atoms with Crippen molar-refractivity contribution in [3.63, 3.8) is 0 Å². The summed E-state index contributed by atoms with van der Waals surface area (Å²) in [7, 11) is 1.35. The molecule has 144 valence electrons. The van der Waals surface area contributed by atoms with E-state index in [0.717, 1.165) is 18.2 Å². The molecule has 27 heavy (non-hydrogen) atoms. The van der Waals surface area contributed by atoms with Gasteiger partial charge in [0.2, 0.25) is 5.88 Å². The lowest BCUT2D eigenvalue weighted by molar-refractivity contribution is -0.207. The highest BCUT2D eigenvalue weighted by atomic mass is 19.4. The molecular weight excluding hydrogens is 375 g/mol. The Morgan fingerprint density at radius 3 is 2.63 bits per heavy atom. The molecule has 1 aromatic heterocycles. The van der Waals surface area contributed by atoms with E-state index in [2.05, 4.69) is 4.98 Å². The summed E-state index contributed by atoms with van der Waals surface area (Å²) in [5, 5.41) is 9.47. The fourth-order valence-corrected chi connectivity index (χ4v) is 2.91. The molecule has 1 aliphatic rings. The summed E-state index contributed by atoms with van der Waals surface area (Å²) in [6.07, 6.45) is -6.94. The molecule has 0 aliphatic carbocycles. The molecule has 0 saturated heterocycles. The summed E-state index contributed by atoms with van der Waals surface area (Å²) in [6.45, 7) is -0.328. The van der Waals surface area contributed by atoms with Crippen LogP contribution < -0.4 is 9.64 Å². The van der Waals surface area contributed by atoms with Crippen molar-refractivity contribution in [1.82, 2.24) is 4.98 Å². The average Bonchev–Trinajstić information content (AvgIpc) is 2.81. The van der Waals surface area contributed by atoms with Gasteiger partial charge < -0.3 is 14.7 Å². The summed E-state index contributed by atoms with van der Waals surface area (Å²) < 4.78 is 72.6. The Balaban J connectivity index is 2.07. The number of pyridine rings is 1. The Kier molecular flexibility index (Phi) is 4.54. The average molecular weight is 388 g/mol. The van der Waals surface area contributed by atoms with Gasteiger partial charge in [0.25, 0.3) is 0 Å². The van der Waals surface area contributed by atoms with Crippen molar-refractivity contribution >= 4 is 11.6 Å². The normalized spacial score (nSPS) is 17.0. The second-order valence-electron chi connectivity index (χ2n) is 5.86. The molecule has 0 spiro atoms. The number of ether oxygens (including phenoxy) is 1. The lowest BCUT2D eigenvalue weighted by atomic mass is 9.97. The smallest absolute Gasteiger partial charge is 0.418 e. The number of benzene rings is 1. The number of nitrogens with zero attached hydrogens (tertiary/aromatic N) is 2. The number of carbonyl (C=O) groups excluding carboxylic acids is 1. The second kappa shape index (κ2) is 6.45. The Labute approximate surface area is 150 Å². The quantitative estimate of drug-likeness (QED) is 0.817. The van der Waals surface area contributed by atoms with E-state index in [-0.39, 0.29) is 18.1 Å². The summed E-state index contributed by atoms with van der Waals surface area (Å²) >= 11 is 0. The van der Waals surface area contributed by atoms with Gasteiger partial charge in [-0.15, -0.1) is 0 Å². The number of hydrogen-bond acceptors (Lipinski definition) is 4. The third kappa shape index (κ3) is 3.20. The number of halogens is 5. The molecule has 0 unspecified atom stereocenters. The lowest BCUT2D eigenvalue weighted by Gasteiger charge is -2.20. The molecule has 3 rings (SSSR count). The van der Waals surface area contributed by atoms with E-state index in [1.54, 1.807) is 0 Å². The number of hydrogen-bond donors (Lipinski definition) is 1. The predicted octanol–water partition coefficient (Wildman–Crippen LogP) is 3.32. The molecular formula is C17H13F5N2O3. The number of aliphatic hydroxyl groups excluding tert-OH is 1. The number of aliphatic hydroxyl groups is 1. The minimum absolute atomic E-state index is 0.187. The van der Waals surface area contributed by atoms with E-state index in [9.17, 15) is 31.9 Å². The molecule has 0 radical (unpaired) electrons. The number of rotatable bonds is 4. The van der Waals surface area contributed by atoms with Crippen LogP contribution in [0.15, 0.2) is 36.5 Å². The van der Waals surface area contributed by atoms with Crippen molar-refractivity contribution in [2.75, 3.05) is 12.0 Å². The largest absolute Gasteiger partial charge is 0.481 e. The first-order valence-corrected chi connectivity index (χ1v) is 7.64. The number of carbonyl (C=O) groups is 1. The molecule has 0 saturated carbocycles. The van der Waals surface area contributed by atoms with Crippen molar-refractivity contribution < 1.29 is 36.6 Å². The zero-order valence-electron chi connectivity index (χ0n) is 13.8. The first-order chi connectivity index (χ1) is 12.6. The van der Waals surface area contributed by atoms with Gasteiger partial charge in [0.1, 0.15) is 0 Å². The standard InChI is InChI=1S/C17H13F5N2O3/c1-27-12-7-9(5-6-23-12)8-24-11-4-2-3-10(14(25)17(20,21)22)13(11)16(18,19)15(24)26/h2-7,14,25H,8H2,1H3/t14-/m1/s1. The van der Waals surface area contributed by atoms with Crippen molar-refractivity contribution in [2.24, 2.45) is 0 Å². The highest BCUT2D eigenvalue weighted by Gasteiger charge is 2.56. The number of aromatic nitrogens is 1. The van der Waals surface area contributed by atoms with E-state index in [4.69, 9.17) is 4.74 Å². The highest BCUT2D eigenvalue weighted by molar-refractivity contribution is 6.06. The maximum Gasteiger partial charge on any atom is 0.418 e. The van der Waals surface area contributed by atoms with Crippen molar-refractivity contribution in [3.05, 3.63) is 53.2 Å². The van der Waals surface area contributed by atoms with Crippen LogP contribution in [0.2, 0.25) is 0 Å². The SMILES string of the molecule is COc1cc(CN2C(=O)C(F)(F)c3c([C@@H](O)C(F)(F)F)cccc32)ccn1. The van der Waals surface area contributed by atoms with Gasteiger partial charge in [0.05, 0.1) is 24.9 Å². The summed E-state index contributed by atoms with van der Waals surface area (Å²) in [6, 6.07) is 5.80. The summed E-state index contributed by atoms with van der Waals surface area (Å²) in [5.74, 6) is -5.68. The molecule has 2 aromatic rings. The van der Waals surface area contributed by atoms with Crippen molar-refractivity contribution in [2.45, 2.75) is 24.7 Å². The van der Waals surface area contributed by atoms with Crippen molar-refractivity contribution in [3.8, 4) is 5.88 Å². The summed E-state index contributed by atoms with van der Waals surface area (Å²) in [4.78, 5) is 16.8. The van der Waals surface area contributed by atoms with Crippen molar-refractivity contribution in [1.29, 1.82) is 0 Å². The fraction of sp³-hybridized carbons (Fsp3) is 0.294. The van der Waals surface area contributed by atoms with Gasteiger partial charge in [-0.1, -0.05) is 12.1 Å². The zero-order chi connectivity index (χ0) is 20.0. The topological polar surface area (TPSA) is 62.7 Å². The molecule has 0 bridgehead atoms. The third-order valence-corrected chi connectivity index (χ3v) is 4.15. The van der Waals surface area contributed by atoms with Crippen LogP contribution in [-0.4, -0.2) is 29.3 Å². The molecule has 2 heterocycles. The molecule has 1 atom stereocenters. The highest BCUT2D eigenvalue weighted by Crippen LogP contribution is 2.49. The van der Waals surface area contributed by atoms with Gasteiger partial charge >= 0.3 is 18.0 Å². The maximum absolute atomic E-state index is 14.5. The lowest BCUT2D eigenvalue weighted by Crippen LogP contribution is -2.34. The molecule has 1 aliphatic heterocycles. The number of amides is 1. The fourth-order valence-electron chi connectivity index (χ4n) is 2.91. The van der Waals surface area contributed by atoms with Gasteiger partial charge in [-0.05, 0) is 17.7 Å². The minimum Gasteiger partial charge on any atom is -0.481 e. The van der Waals surface area contributed by atoms with Crippen LogP contribution >= 0.6 is 0 Å². The van der Waals surface area contributed by atoms with Crippen LogP contribution in [0.3, 0.4) is 0 Å². The number of fused-ring (bicyclic) bond motifs is 1. The Hall–Kier alpha value is -2.75. The molecule has 10 heteroatoms. The van der Waals surface area contributed by atoms with Crippen LogP contribution in [0.1, 0.15) is 22.8 Å². The van der Waals surface area contributed by atoms with Gasteiger partial charge in [-0.3, -0.25) is 4.79 Å². The maximum atomic E-state index is 14.5. The van der Waals surface area contributed by atoms with E-state index >= 15 is 0 Å². The summed E-state index contributed by atoms with van der Waals surface area (Å²) in [5.41, 5.74) is -2.18. The Morgan fingerprint density at radius 2 is 2.00 bits per heavy atom. The first kappa shape index (κ1) is 19.0. The number of alkyl halides is 5. The molecule has 5 nitrogen and oxygen atoms in total. The Morgan fingerprint density at radius 1 is 1.30 bits per heavy atom. The van der Waals surface area contributed by atoms with Crippen LogP contribution in [0, 0.1) is 0 Å². The predicted molar refractivity (Wildman–Crippen MR) is 83.3 cm³/mol. The van der Waals surface area contributed by atoms with Gasteiger partial charge in [0.15, 0.2) is 6.10 Å². The Bertz CT molecular complexity index is 885. The van der Waals surface area contributed by atoms with Crippen LogP contribution in [-0.2, 0) is 17.3 Å². The van der Waals surface area contributed by atoms with E-state index in [1.807, 2.05) is 0 Å². The van der Waals surface area contributed by atoms with E-state index in [1.165, 1.54) is 25.4 Å². The van der Waals surface area contributed by atoms with Gasteiger partial charge in [-0.2, -0.15) is 22.0 Å². The van der Waals surface area contributed by atoms with Crippen LogP contribution in [0.5, 0.6) is 5.88 Å².